The van der Waals surface area contributed by atoms with Gasteiger partial charge in [-0.15, -0.1) is 11.3 Å². The second kappa shape index (κ2) is 3.82. The standard InChI is InChI=1S/C13H10N2OS/c1-8-12(17-7-14-8)6-10-9-4-2-3-5-11(9)15-13(10)16/h2-7H,1H3,(H,15,16)/b10-6-. The van der Waals surface area contributed by atoms with Gasteiger partial charge in [-0.05, 0) is 19.1 Å². The zero-order chi connectivity index (χ0) is 11.8. The van der Waals surface area contributed by atoms with Gasteiger partial charge in [0.2, 0.25) is 0 Å². The second-order valence-electron chi connectivity index (χ2n) is 3.86. The molecule has 17 heavy (non-hydrogen) atoms. The third-order valence-corrected chi connectivity index (χ3v) is 3.65. The van der Waals surface area contributed by atoms with E-state index >= 15 is 0 Å². The molecule has 2 heterocycles. The lowest BCUT2D eigenvalue weighted by Crippen LogP contribution is -2.03. The van der Waals surface area contributed by atoms with Gasteiger partial charge in [0.15, 0.2) is 0 Å². The number of fused-ring (bicyclic) bond motifs is 1. The van der Waals surface area contributed by atoms with Crippen molar-refractivity contribution in [2.75, 3.05) is 5.32 Å². The van der Waals surface area contributed by atoms with Crippen LogP contribution in [0.2, 0.25) is 0 Å². The molecule has 2 aromatic rings. The third kappa shape index (κ3) is 1.66. The summed E-state index contributed by atoms with van der Waals surface area (Å²) in [6.45, 7) is 1.95. The first-order valence-electron chi connectivity index (χ1n) is 5.28. The van der Waals surface area contributed by atoms with Crippen LogP contribution >= 0.6 is 11.3 Å². The van der Waals surface area contributed by atoms with Crippen LogP contribution in [0, 0.1) is 6.92 Å². The predicted molar refractivity (Wildman–Crippen MR) is 69.8 cm³/mol. The molecule has 0 saturated heterocycles. The Hall–Kier alpha value is -1.94. The monoisotopic (exact) mass is 242 g/mol. The molecule has 0 spiro atoms. The number of thiazole rings is 1. The predicted octanol–water partition coefficient (Wildman–Crippen LogP) is 2.94. The first-order chi connectivity index (χ1) is 8.25. The topological polar surface area (TPSA) is 42.0 Å². The lowest BCUT2D eigenvalue weighted by Gasteiger charge is -1.96. The molecule has 0 unspecified atom stereocenters. The zero-order valence-corrected chi connectivity index (χ0v) is 10.0. The minimum Gasteiger partial charge on any atom is -0.321 e. The molecule has 0 atom stereocenters. The highest BCUT2D eigenvalue weighted by Crippen LogP contribution is 2.33. The Morgan fingerprint density at radius 2 is 2.18 bits per heavy atom. The molecule has 0 saturated carbocycles. The van der Waals surface area contributed by atoms with Gasteiger partial charge in [-0.2, -0.15) is 0 Å². The van der Waals surface area contributed by atoms with Gasteiger partial charge in [0.05, 0.1) is 21.7 Å². The molecule has 1 aromatic carbocycles. The van der Waals surface area contributed by atoms with E-state index in [1.165, 1.54) is 0 Å². The summed E-state index contributed by atoms with van der Waals surface area (Å²) in [5, 5.41) is 2.86. The lowest BCUT2D eigenvalue weighted by molar-refractivity contribution is -0.110. The molecular formula is C13H10N2OS. The SMILES string of the molecule is Cc1ncsc1/C=C1\C(=O)Nc2ccccc21. The van der Waals surface area contributed by atoms with Gasteiger partial charge >= 0.3 is 0 Å². The van der Waals surface area contributed by atoms with Gasteiger partial charge in [0.25, 0.3) is 5.91 Å². The smallest absolute Gasteiger partial charge is 0.256 e. The van der Waals surface area contributed by atoms with E-state index in [0.717, 1.165) is 21.8 Å². The Bertz CT molecular complexity index is 628. The number of para-hydroxylation sites is 1. The van der Waals surface area contributed by atoms with Crippen molar-refractivity contribution in [1.29, 1.82) is 0 Å². The number of hydrogen-bond donors (Lipinski definition) is 1. The van der Waals surface area contributed by atoms with Gasteiger partial charge in [0.1, 0.15) is 0 Å². The van der Waals surface area contributed by atoms with Crippen LogP contribution in [-0.2, 0) is 4.79 Å². The molecule has 0 radical (unpaired) electrons. The van der Waals surface area contributed by atoms with Crippen LogP contribution in [0.1, 0.15) is 16.1 Å². The van der Waals surface area contributed by atoms with Crippen LogP contribution in [0.4, 0.5) is 5.69 Å². The van der Waals surface area contributed by atoms with Crippen molar-refractivity contribution in [1.82, 2.24) is 4.98 Å². The highest BCUT2D eigenvalue weighted by molar-refractivity contribution is 7.10. The summed E-state index contributed by atoms with van der Waals surface area (Å²) in [4.78, 5) is 17.1. The number of benzene rings is 1. The molecule has 1 aromatic heterocycles. The first-order valence-corrected chi connectivity index (χ1v) is 6.16. The zero-order valence-electron chi connectivity index (χ0n) is 9.23. The van der Waals surface area contributed by atoms with Crippen LogP contribution in [0.5, 0.6) is 0 Å². The molecule has 0 fully saturated rings. The maximum atomic E-state index is 11.9. The molecular weight excluding hydrogens is 232 g/mol. The van der Waals surface area contributed by atoms with Crippen LogP contribution in [0.3, 0.4) is 0 Å². The van der Waals surface area contributed by atoms with Gasteiger partial charge in [-0.1, -0.05) is 18.2 Å². The number of carbonyl (C=O) groups excluding carboxylic acids is 1. The Balaban J connectivity index is 2.13. The fraction of sp³-hybridized carbons (Fsp3) is 0.0769. The van der Waals surface area contributed by atoms with Gasteiger partial charge < -0.3 is 5.32 Å². The fourth-order valence-corrected chi connectivity index (χ4v) is 2.60. The van der Waals surface area contributed by atoms with Crippen molar-refractivity contribution in [2.45, 2.75) is 6.92 Å². The highest BCUT2D eigenvalue weighted by atomic mass is 32.1. The second-order valence-corrected chi connectivity index (χ2v) is 4.75. The Kier molecular flexibility index (Phi) is 2.30. The average Bonchev–Trinajstić information content (AvgIpc) is 2.85. The lowest BCUT2D eigenvalue weighted by atomic mass is 10.1. The van der Waals surface area contributed by atoms with E-state index in [9.17, 15) is 4.79 Å². The summed E-state index contributed by atoms with van der Waals surface area (Å²) < 4.78 is 0. The first kappa shape index (κ1) is 10.2. The maximum Gasteiger partial charge on any atom is 0.256 e. The molecule has 3 nitrogen and oxygen atoms in total. The number of nitrogens with one attached hydrogen (secondary N) is 1. The normalized spacial score (nSPS) is 16.1. The summed E-state index contributed by atoms with van der Waals surface area (Å²) >= 11 is 1.55. The van der Waals surface area contributed by atoms with Gasteiger partial charge in [-0.3, -0.25) is 4.79 Å². The Morgan fingerprint density at radius 3 is 2.94 bits per heavy atom. The molecule has 0 aliphatic carbocycles. The summed E-state index contributed by atoms with van der Waals surface area (Å²) in [5.41, 5.74) is 5.31. The summed E-state index contributed by atoms with van der Waals surface area (Å²) in [7, 11) is 0. The molecule has 84 valence electrons. The molecule has 1 N–H and O–H groups in total. The quantitative estimate of drug-likeness (QED) is 0.781. The van der Waals surface area contributed by atoms with Crippen molar-refractivity contribution >= 4 is 34.6 Å². The fourth-order valence-electron chi connectivity index (χ4n) is 1.86. The van der Waals surface area contributed by atoms with Crippen LogP contribution in [0.25, 0.3) is 11.6 Å². The van der Waals surface area contributed by atoms with Crippen LogP contribution in [0.15, 0.2) is 29.8 Å². The number of aryl methyl sites for hydroxylation is 1. The molecule has 1 aliphatic heterocycles. The molecule has 1 amide bonds. The van der Waals surface area contributed by atoms with E-state index in [1.54, 1.807) is 16.8 Å². The van der Waals surface area contributed by atoms with Crippen molar-refractivity contribution < 1.29 is 4.79 Å². The van der Waals surface area contributed by atoms with Crippen molar-refractivity contribution in [3.8, 4) is 0 Å². The Labute approximate surface area is 103 Å². The number of amides is 1. The van der Waals surface area contributed by atoms with E-state index < -0.39 is 0 Å². The number of hydrogen-bond acceptors (Lipinski definition) is 3. The van der Waals surface area contributed by atoms with Gasteiger partial charge in [0, 0.05) is 11.3 Å². The maximum absolute atomic E-state index is 11.9. The van der Waals surface area contributed by atoms with Crippen LogP contribution in [-0.4, -0.2) is 10.9 Å². The van der Waals surface area contributed by atoms with E-state index in [0.29, 0.717) is 5.57 Å². The van der Waals surface area contributed by atoms with E-state index in [1.807, 2.05) is 37.3 Å². The van der Waals surface area contributed by atoms with Crippen LogP contribution < -0.4 is 5.32 Å². The average molecular weight is 242 g/mol. The van der Waals surface area contributed by atoms with Crippen molar-refractivity contribution in [3.63, 3.8) is 0 Å². The molecule has 3 rings (SSSR count). The number of rotatable bonds is 1. The Morgan fingerprint density at radius 1 is 1.35 bits per heavy atom. The van der Waals surface area contributed by atoms with E-state index in [2.05, 4.69) is 10.3 Å². The third-order valence-electron chi connectivity index (χ3n) is 2.77. The van der Waals surface area contributed by atoms with E-state index in [4.69, 9.17) is 0 Å². The van der Waals surface area contributed by atoms with Gasteiger partial charge in [-0.25, -0.2) is 4.98 Å². The van der Waals surface area contributed by atoms with Crippen molar-refractivity contribution in [3.05, 3.63) is 45.9 Å². The largest absolute Gasteiger partial charge is 0.321 e. The minimum absolute atomic E-state index is 0.0426. The number of anilines is 1. The number of nitrogens with zero attached hydrogens (tertiary/aromatic N) is 1. The van der Waals surface area contributed by atoms with E-state index in [-0.39, 0.29) is 5.91 Å². The molecule has 0 bridgehead atoms. The minimum atomic E-state index is -0.0426. The number of aromatic nitrogens is 1. The molecule has 1 aliphatic rings. The summed E-state index contributed by atoms with van der Waals surface area (Å²) in [6.07, 6.45) is 1.91. The molecule has 4 heteroatoms. The summed E-state index contributed by atoms with van der Waals surface area (Å²) in [5.74, 6) is -0.0426. The number of carbonyl (C=O) groups is 1. The van der Waals surface area contributed by atoms with Crippen molar-refractivity contribution in [2.24, 2.45) is 0 Å². The summed E-state index contributed by atoms with van der Waals surface area (Å²) in [6, 6.07) is 7.72. The highest BCUT2D eigenvalue weighted by Gasteiger charge is 2.23.